The lowest BCUT2D eigenvalue weighted by atomic mass is 10.3. The predicted molar refractivity (Wildman–Crippen MR) is 42.1 cm³/mol. The maximum absolute atomic E-state index is 10.2. The second-order valence-electron chi connectivity index (χ2n) is 1.78. The second kappa shape index (κ2) is 6.53. The molecule has 0 aliphatic heterocycles. The van der Waals surface area contributed by atoms with Crippen molar-refractivity contribution in [2.24, 2.45) is 0 Å². The molecule has 0 aliphatic carbocycles. The van der Waals surface area contributed by atoms with Crippen LogP contribution < -0.4 is 0 Å². The monoisotopic (exact) mass is 167 g/mol. The topological polar surface area (TPSA) is 26.3 Å². The number of unbranched alkanes of at least 4 members (excludes halogenated alkanes) is 2. The molecule has 0 spiro atoms. The maximum atomic E-state index is 10.2. The molecule has 0 saturated carbocycles. The highest BCUT2D eigenvalue weighted by Crippen LogP contribution is 2.26. The molecule has 0 aromatic heterocycles. The van der Waals surface area contributed by atoms with Crippen LogP contribution in [0.1, 0.15) is 26.2 Å². The van der Waals surface area contributed by atoms with Crippen molar-refractivity contribution in [3.05, 3.63) is 0 Å². The highest BCUT2D eigenvalue weighted by atomic mass is 32.7. The largest absolute Gasteiger partial charge is 0.582 e. The smallest absolute Gasteiger partial charge is 0.136 e. The molecule has 0 aliphatic rings. The molecule has 0 aromatic carbocycles. The first-order valence-corrected chi connectivity index (χ1v) is 5.39. The Bertz CT molecular complexity index is 87.0. The lowest BCUT2D eigenvalue weighted by Crippen LogP contribution is -1.83. The molecule has 0 saturated heterocycles. The van der Waals surface area contributed by atoms with E-state index in [4.69, 9.17) is 4.52 Å². The highest BCUT2D eigenvalue weighted by Gasteiger charge is 2.06. The summed E-state index contributed by atoms with van der Waals surface area (Å²) >= 11 is 3.59. The normalized spacial score (nSPS) is 11.6. The summed E-state index contributed by atoms with van der Waals surface area (Å²) in [5.74, 6) is 0. The third-order valence-electron chi connectivity index (χ3n) is 0.950. The molecular formula is C5H12O2PS+. The number of hydrogen-bond donors (Lipinski definition) is 1. The molecule has 0 fully saturated rings. The summed E-state index contributed by atoms with van der Waals surface area (Å²) in [5.41, 5.74) is 0. The Balaban J connectivity index is 2.83. The van der Waals surface area contributed by atoms with Crippen LogP contribution in [0.4, 0.5) is 0 Å². The minimum atomic E-state index is -1.67. The Hall–Kier alpha value is 0.410. The standard InChI is InChI=1S/C5H11O2PS/c1-2-3-4-5-7-8(6)9/h2-5H2,1H3/p+1. The molecule has 0 radical (unpaired) electrons. The molecule has 2 nitrogen and oxygen atoms in total. The Morgan fingerprint density at radius 2 is 2.22 bits per heavy atom. The average Bonchev–Trinajstić information content (AvgIpc) is 1.80. The van der Waals surface area contributed by atoms with E-state index < -0.39 is 7.23 Å². The summed E-state index contributed by atoms with van der Waals surface area (Å²) in [6, 6.07) is 0. The molecule has 0 heterocycles. The van der Waals surface area contributed by atoms with Crippen molar-refractivity contribution in [3.8, 4) is 0 Å². The van der Waals surface area contributed by atoms with Gasteiger partial charge in [-0.05, 0) is 11.0 Å². The van der Waals surface area contributed by atoms with E-state index in [-0.39, 0.29) is 0 Å². The zero-order chi connectivity index (χ0) is 7.11. The van der Waals surface area contributed by atoms with Crippen LogP contribution in [0.5, 0.6) is 0 Å². The van der Waals surface area contributed by atoms with Gasteiger partial charge >= 0.3 is 7.23 Å². The molecule has 0 N–H and O–H groups in total. The van der Waals surface area contributed by atoms with Gasteiger partial charge < -0.3 is 0 Å². The third kappa shape index (κ3) is 8.41. The van der Waals surface area contributed by atoms with Gasteiger partial charge in [-0.1, -0.05) is 19.8 Å². The van der Waals surface area contributed by atoms with Crippen molar-refractivity contribution in [3.63, 3.8) is 0 Å². The molecule has 0 bridgehead atoms. The van der Waals surface area contributed by atoms with E-state index in [9.17, 15) is 4.57 Å². The Morgan fingerprint density at radius 3 is 2.67 bits per heavy atom. The van der Waals surface area contributed by atoms with Gasteiger partial charge in [0.05, 0.1) is 0 Å². The Labute approximate surface area is 62.0 Å². The van der Waals surface area contributed by atoms with Gasteiger partial charge in [0.1, 0.15) is 18.9 Å². The van der Waals surface area contributed by atoms with Crippen molar-refractivity contribution >= 4 is 19.5 Å². The van der Waals surface area contributed by atoms with Crippen LogP contribution in [0.3, 0.4) is 0 Å². The maximum Gasteiger partial charge on any atom is 0.582 e. The summed E-state index contributed by atoms with van der Waals surface area (Å²) in [5, 5.41) is 0. The van der Waals surface area contributed by atoms with E-state index in [2.05, 4.69) is 19.2 Å². The first-order valence-electron chi connectivity index (χ1n) is 3.06. The quantitative estimate of drug-likeness (QED) is 0.387. The van der Waals surface area contributed by atoms with E-state index in [1.54, 1.807) is 0 Å². The SMILES string of the molecule is CCCCCO[P+](=O)S. The van der Waals surface area contributed by atoms with E-state index in [0.29, 0.717) is 6.61 Å². The van der Waals surface area contributed by atoms with Crippen LogP contribution in [0.2, 0.25) is 0 Å². The highest BCUT2D eigenvalue weighted by molar-refractivity contribution is 8.39. The molecule has 0 rings (SSSR count). The molecule has 1 atom stereocenters. The van der Waals surface area contributed by atoms with Crippen molar-refractivity contribution in [1.82, 2.24) is 0 Å². The van der Waals surface area contributed by atoms with Crippen LogP contribution in [0, 0.1) is 0 Å². The fourth-order valence-electron chi connectivity index (χ4n) is 0.495. The molecule has 54 valence electrons. The van der Waals surface area contributed by atoms with Crippen LogP contribution in [-0.4, -0.2) is 6.61 Å². The van der Waals surface area contributed by atoms with Crippen LogP contribution >= 0.6 is 19.5 Å². The Morgan fingerprint density at radius 1 is 1.56 bits per heavy atom. The molecular weight excluding hydrogens is 155 g/mol. The minimum absolute atomic E-state index is 0.576. The second-order valence-corrected chi connectivity index (χ2v) is 3.49. The van der Waals surface area contributed by atoms with Gasteiger partial charge in [-0.25, -0.2) is 0 Å². The summed E-state index contributed by atoms with van der Waals surface area (Å²) in [6.07, 6.45) is 3.28. The molecule has 0 amide bonds. The number of hydrogen-bond acceptors (Lipinski definition) is 2. The fourth-order valence-corrected chi connectivity index (χ4v) is 1.02. The van der Waals surface area contributed by atoms with Gasteiger partial charge in [-0.3, -0.25) is 0 Å². The van der Waals surface area contributed by atoms with E-state index in [0.717, 1.165) is 19.3 Å². The first-order chi connectivity index (χ1) is 4.27. The zero-order valence-electron chi connectivity index (χ0n) is 5.54. The lowest BCUT2D eigenvalue weighted by molar-refractivity contribution is 0.327. The van der Waals surface area contributed by atoms with Crippen molar-refractivity contribution in [2.45, 2.75) is 26.2 Å². The Kier molecular flexibility index (Phi) is 6.83. The van der Waals surface area contributed by atoms with Crippen molar-refractivity contribution < 1.29 is 9.09 Å². The number of rotatable bonds is 5. The first kappa shape index (κ1) is 9.41. The van der Waals surface area contributed by atoms with E-state index in [1.165, 1.54) is 0 Å². The van der Waals surface area contributed by atoms with Gasteiger partial charge in [0, 0.05) is 0 Å². The molecule has 0 aromatic rings. The van der Waals surface area contributed by atoms with Gasteiger partial charge in [-0.2, -0.15) is 0 Å². The fraction of sp³-hybridized carbons (Fsp3) is 1.00. The van der Waals surface area contributed by atoms with Gasteiger partial charge in [-0.15, -0.1) is 4.52 Å². The summed E-state index contributed by atoms with van der Waals surface area (Å²) < 4.78 is 14.9. The van der Waals surface area contributed by atoms with Gasteiger partial charge in [0.15, 0.2) is 0 Å². The van der Waals surface area contributed by atoms with Crippen LogP contribution in [0.25, 0.3) is 0 Å². The minimum Gasteiger partial charge on any atom is -0.136 e. The number of thiol groups is 1. The predicted octanol–water partition coefficient (Wildman–Crippen LogP) is 2.78. The van der Waals surface area contributed by atoms with Crippen molar-refractivity contribution in [2.75, 3.05) is 6.61 Å². The average molecular weight is 167 g/mol. The molecule has 1 unspecified atom stereocenters. The summed E-state index contributed by atoms with van der Waals surface area (Å²) in [4.78, 5) is 0. The lowest BCUT2D eigenvalue weighted by Gasteiger charge is -1.88. The summed E-state index contributed by atoms with van der Waals surface area (Å²) in [7, 11) is -1.67. The van der Waals surface area contributed by atoms with E-state index in [1.807, 2.05) is 0 Å². The van der Waals surface area contributed by atoms with Gasteiger partial charge in [0.2, 0.25) is 0 Å². The zero-order valence-corrected chi connectivity index (χ0v) is 7.33. The third-order valence-corrected chi connectivity index (χ3v) is 1.70. The van der Waals surface area contributed by atoms with Crippen LogP contribution in [-0.2, 0) is 9.09 Å². The van der Waals surface area contributed by atoms with Gasteiger partial charge in [0.25, 0.3) is 0 Å². The summed E-state index contributed by atoms with van der Waals surface area (Å²) in [6.45, 7) is 2.69. The molecule has 9 heavy (non-hydrogen) atoms. The van der Waals surface area contributed by atoms with E-state index >= 15 is 0 Å². The van der Waals surface area contributed by atoms with Crippen LogP contribution in [0.15, 0.2) is 0 Å². The molecule has 4 heteroatoms. The van der Waals surface area contributed by atoms with Crippen molar-refractivity contribution in [1.29, 1.82) is 0 Å².